The summed E-state index contributed by atoms with van der Waals surface area (Å²) >= 11 is -2.18. The summed E-state index contributed by atoms with van der Waals surface area (Å²) in [5, 5.41) is 10.1. The molecule has 1 aromatic rings. The Hall–Kier alpha value is 0.000260. The molecule has 0 radical (unpaired) electrons. The molecule has 0 aliphatic carbocycles. The number of carbonyl (C=O) groups is 1. The van der Waals surface area contributed by atoms with Gasteiger partial charge < -0.3 is 9.84 Å². The topological polar surface area (TPSA) is 46.5 Å². The van der Waals surface area contributed by atoms with Gasteiger partial charge in [-0.2, -0.15) is 17.2 Å². The Kier molecular flexibility index (Phi) is 13.4. The van der Waals surface area contributed by atoms with Gasteiger partial charge in [0.15, 0.2) is 0 Å². The van der Waals surface area contributed by atoms with E-state index in [1.807, 2.05) is 37.3 Å². The second-order valence-corrected chi connectivity index (χ2v) is 18.0. The Morgan fingerprint density at radius 2 is 1.82 bits per heavy atom. The molecule has 0 bridgehead atoms. The number of benzene rings is 1. The van der Waals surface area contributed by atoms with Gasteiger partial charge in [-0.05, 0) is 13.3 Å². The van der Waals surface area contributed by atoms with Gasteiger partial charge in [-0.25, -0.2) is 0 Å². The maximum atomic E-state index is 11.5. The first kappa shape index (κ1) is 22.0. The van der Waals surface area contributed by atoms with Crippen molar-refractivity contribution in [3.8, 4) is 0 Å². The van der Waals surface area contributed by atoms with Crippen LogP contribution in [0.3, 0.4) is 0 Å². The Bertz CT molecular complexity index is 450. The Labute approximate surface area is 149 Å². The van der Waals surface area contributed by atoms with Gasteiger partial charge in [0.25, 0.3) is 0 Å². The molecule has 124 valence electrons. The Morgan fingerprint density at radius 1 is 1.27 bits per heavy atom. The van der Waals surface area contributed by atoms with E-state index in [0.717, 1.165) is 12.0 Å². The zero-order valence-electron chi connectivity index (χ0n) is 12.4. The predicted octanol–water partition coefficient (Wildman–Crippen LogP) is 4.66. The van der Waals surface area contributed by atoms with E-state index < -0.39 is 27.3 Å². The Balaban J connectivity index is 0.000000980. The monoisotopic (exact) mass is 533 g/mol. The Morgan fingerprint density at radius 3 is 2.27 bits per heavy atom. The van der Waals surface area contributed by atoms with Gasteiger partial charge >= 0.3 is 42.8 Å². The second kappa shape index (κ2) is 13.4. The SMILES string of the molecule is CCCC(O)C(=[C-]C(=O)OCC)c1ccccc1.[Cl][Ta]([Cl])[Cl]. The summed E-state index contributed by atoms with van der Waals surface area (Å²) in [6, 6.07) is 9.31. The molecule has 0 aliphatic rings. The summed E-state index contributed by atoms with van der Waals surface area (Å²) in [4.78, 5) is 11.5. The summed E-state index contributed by atoms with van der Waals surface area (Å²) in [7, 11) is 15.0. The van der Waals surface area contributed by atoms with Crippen molar-refractivity contribution in [3.05, 3.63) is 42.0 Å². The van der Waals surface area contributed by atoms with Crippen LogP contribution in [-0.2, 0) is 24.7 Å². The first-order valence-electron chi connectivity index (χ1n) is 6.73. The normalized spacial score (nSPS) is 12.4. The van der Waals surface area contributed by atoms with E-state index >= 15 is 0 Å². The molecule has 22 heavy (non-hydrogen) atoms. The third kappa shape index (κ3) is 10.7. The number of carbonyl (C=O) groups excluding carboxylic acids is 1. The van der Waals surface area contributed by atoms with Crippen LogP contribution >= 0.6 is 27.6 Å². The molecule has 0 aliphatic heterocycles. The van der Waals surface area contributed by atoms with E-state index in [2.05, 4.69) is 6.08 Å². The number of esters is 1. The number of hydrogen-bond acceptors (Lipinski definition) is 3. The van der Waals surface area contributed by atoms with Crippen LogP contribution in [0.5, 0.6) is 0 Å². The second-order valence-electron chi connectivity index (χ2n) is 4.12. The molecule has 0 spiro atoms. The van der Waals surface area contributed by atoms with Crippen LogP contribution in [0.25, 0.3) is 5.57 Å². The minimum absolute atomic E-state index is 0.303. The van der Waals surface area contributed by atoms with Crippen LogP contribution in [0, 0.1) is 6.08 Å². The predicted molar refractivity (Wildman–Crippen MR) is 88.2 cm³/mol. The van der Waals surface area contributed by atoms with Crippen LogP contribution in [0.2, 0.25) is 0 Å². The van der Waals surface area contributed by atoms with Crippen molar-refractivity contribution < 1.29 is 29.8 Å². The summed E-state index contributed by atoms with van der Waals surface area (Å²) in [6.45, 7) is 4.03. The third-order valence-corrected chi connectivity index (χ3v) is 2.49. The van der Waals surface area contributed by atoms with E-state index in [1.165, 1.54) is 0 Å². The average Bonchev–Trinajstić information content (AvgIpc) is 2.45. The van der Waals surface area contributed by atoms with Crippen molar-refractivity contribution in [2.75, 3.05) is 6.61 Å². The molecule has 1 N–H and O–H groups in total. The fraction of sp³-hybridized carbons (Fsp3) is 0.400. The van der Waals surface area contributed by atoms with Crippen LogP contribution in [0.1, 0.15) is 32.3 Å². The van der Waals surface area contributed by atoms with Gasteiger partial charge in [0.2, 0.25) is 5.97 Å². The number of aliphatic hydroxyl groups excluding tert-OH is 1. The van der Waals surface area contributed by atoms with Crippen molar-refractivity contribution in [1.82, 2.24) is 0 Å². The number of halogens is 3. The number of rotatable bonds is 6. The van der Waals surface area contributed by atoms with Crippen molar-refractivity contribution in [2.45, 2.75) is 32.8 Å². The van der Waals surface area contributed by atoms with Crippen LogP contribution in [0.15, 0.2) is 30.3 Å². The summed E-state index contributed by atoms with van der Waals surface area (Å²) in [6.07, 6.45) is 3.36. The molecular formula is C15H19Cl3O3Ta-. The van der Waals surface area contributed by atoms with Gasteiger partial charge in [0.1, 0.15) is 0 Å². The maximum absolute atomic E-state index is 11.5. The molecule has 0 fully saturated rings. The molecule has 1 rings (SSSR count). The molecule has 3 nitrogen and oxygen atoms in total. The number of hydrogen-bond donors (Lipinski definition) is 1. The van der Waals surface area contributed by atoms with Crippen LogP contribution in [-0.4, -0.2) is 23.8 Å². The fourth-order valence-electron chi connectivity index (χ4n) is 1.66. The van der Waals surface area contributed by atoms with E-state index in [1.54, 1.807) is 6.92 Å². The molecule has 1 aromatic carbocycles. The van der Waals surface area contributed by atoms with Gasteiger partial charge in [0.05, 0.1) is 6.61 Å². The molecule has 0 heterocycles. The molecule has 1 unspecified atom stereocenters. The molecule has 0 aromatic heterocycles. The van der Waals surface area contributed by atoms with Crippen molar-refractivity contribution >= 4 is 39.1 Å². The van der Waals surface area contributed by atoms with Gasteiger partial charge in [-0.15, -0.1) is 12.1 Å². The average molecular weight is 535 g/mol. The molecule has 7 heteroatoms. The van der Waals surface area contributed by atoms with Crippen LogP contribution < -0.4 is 0 Å². The number of aliphatic hydroxyl groups is 1. The number of ether oxygens (including phenoxy) is 1. The van der Waals surface area contributed by atoms with Crippen molar-refractivity contribution in [1.29, 1.82) is 0 Å². The molecule has 0 saturated heterocycles. The van der Waals surface area contributed by atoms with E-state index in [9.17, 15) is 9.90 Å². The summed E-state index contributed by atoms with van der Waals surface area (Å²) < 4.78 is 4.84. The standard InChI is InChI=1S/C15H19O3.3ClH.Ta/c1-3-8-14(16)13(11-15(17)18-4-2)12-9-6-5-7-10-12;;;;/h5-7,9-10,14,16H,3-4,8H2,1-2H3;3*1H;/q-1;;;;+3/p-3. The fourth-order valence-corrected chi connectivity index (χ4v) is 1.66. The van der Waals surface area contributed by atoms with Crippen molar-refractivity contribution in [2.24, 2.45) is 0 Å². The molecule has 1 atom stereocenters. The van der Waals surface area contributed by atoms with Gasteiger partial charge in [0, 0.05) is 6.10 Å². The first-order chi connectivity index (χ1) is 10.4. The summed E-state index contributed by atoms with van der Waals surface area (Å²) in [5.41, 5.74) is 1.29. The van der Waals surface area contributed by atoms with Crippen LogP contribution in [0.4, 0.5) is 0 Å². The zero-order valence-corrected chi connectivity index (χ0v) is 17.9. The molecule has 0 amide bonds. The molecular weight excluding hydrogens is 515 g/mol. The van der Waals surface area contributed by atoms with E-state index in [-0.39, 0.29) is 0 Å². The minimum atomic E-state index is -2.18. The molecule has 0 saturated carbocycles. The van der Waals surface area contributed by atoms with Crippen molar-refractivity contribution in [3.63, 3.8) is 0 Å². The summed E-state index contributed by atoms with van der Waals surface area (Å²) in [5.74, 6) is -0.536. The van der Waals surface area contributed by atoms with Gasteiger partial charge in [-0.3, -0.25) is 4.79 Å². The zero-order chi connectivity index (χ0) is 17.0. The van der Waals surface area contributed by atoms with E-state index in [0.29, 0.717) is 18.6 Å². The first-order valence-corrected chi connectivity index (χ1v) is 18.7. The van der Waals surface area contributed by atoms with E-state index in [4.69, 9.17) is 32.3 Å². The third-order valence-electron chi connectivity index (χ3n) is 2.49. The van der Waals surface area contributed by atoms with Gasteiger partial charge in [-0.1, -0.05) is 31.5 Å². The quantitative estimate of drug-likeness (QED) is 0.328.